The molecule has 0 fully saturated rings. The van der Waals surface area contributed by atoms with Crippen molar-refractivity contribution in [1.29, 1.82) is 0 Å². The molecule has 1 amide bonds. The third-order valence-electron chi connectivity index (χ3n) is 4.59. The summed E-state index contributed by atoms with van der Waals surface area (Å²) >= 11 is 0. The third-order valence-corrected chi connectivity index (χ3v) is 4.59. The van der Waals surface area contributed by atoms with Crippen LogP contribution in [0.4, 0.5) is 15.8 Å². The van der Waals surface area contributed by atoms with Crippen molar-refractivity contribution in [2.24, 2.45) is 0 Å². The van der Waals surface area contributed by atoms with Crippen molar-refractivity contribution in [2.45, 2.75) is 18.9 Å². The van der Waals surface area contributed by atoms with Crippen molar-refractivity contribution in [1.82, 2.24) is 0 Å². The maximum Gasteiger partial charge on any atom is 0.338 e. The number of hydrogen-bond donors (Lipinski definition) is 1. The fourth-order valence-electron chi connectivity index (χ4n) is 3.22. The second kappa shape index (κ2) is 7.73. The molecule has 0 radical (unpaired) electrons. The number of benzene rings is 2. The molecule has 3 rings (SSSR count). The fourth-order valence-corrected chi connectivity index (χ4v) is 3.22. The number of nitro groups is 1. The van der Waals surface area contributed by atoms with Gasteiger partial charge in [-0.3, -0.25) is 14.9 Å². The van der Waals surface area contributed by atoms with E-state index in [1.54, 1.807) is 0 Å². The van der Waals surface area contributed by atoms with Crippen molar-refractivity contribution in [3.8, 4) is 0 Å². The van der Waals surface area contributed by atoms with Crippen LogP contribution in [0.1, 0.15) is 45.2 Å². The second-order valence-corrected chi connectivity index (χ2v) is 6.30. The van der Waals surface area contributed by atoms with E-state index in [0.29, 0.717) is 18.5 Å². The first-order chi connectivity index (χ1) is 13.3. The number of hydrogen-bond acceptors (Lipinski definition) is 6. The molecule has 1 heterocycles. The maximum atomic E-state index is 13.6. The Morgan fingerprint density at radius 3 is 2.68 bits per heavy atom. The van der Waals surface area contributed by atoms with Crippen LogP contribution in [0.25, 0.3) is 0 Å². The van der Waals surface area contributed by atoms with E-state index >= 15 is 0 Å². The summed E-state index contributed by atoms with van der Waals surface area (Å²) in [5, 5.41) is 21.3. The van der Waals surface area contributed by atoms with E-state index in [0.717, 1.165) is 19.2 Å². The molecule has 1 atom stereocenters. The number of halogens is 1. The zero-order valence-electron chi connectivity index (χ0n) is 14.9. The summed E-state index contributed by atoms with van der Waals surface area (Å²) in [4.78, 5) is 37.0. The van der Waals surface area contributed by atoms with Gasteiger partial charge in [0.1, 0.15) is 5.82 Å². The summed E-state index contributed by atoms with van der Waals surface area (Å²) in [6.45, 7) is 0.228. The van der Waals surface area contributed by atoms with Crippen molar-refractivity contribution < 1.29 is 28.7 Å². The predicted octanol–water partition coefficient (Wildman–Crippen LogP) is 2.99. The van der Waals surface area contributed by atoms with Gasteiger partial charge < -0.3 is 14.7 Å². The SMILES string of the molecule is COC(=O)c1cc([N+](=O)[O-])ccc1C(=O)N1CCCC(O)c2cc(F)ccc21. The molecule has 0 saturated carbocycles. The number of nitro benzene ring substituents is 1. The molecule has 9 heteroatoms. The van der Waals surface area contributed by atoms with Gasteiger partial charge >= 0.3 is 5.97 Å². The molecule has 0 saturated heterocycles. The first kappa shape index (κ1) is 19.4. The van der Waals surface area contributed by atoms with Gasteiger partial charge in [0.25, 0.3) is 11.6 Å². The molecule has 28 heavy (non-hydrogen) atoms. The highest BCUT2D eigenvalue weighted by Gasteiger charge is 2.30. The van der Waals surface area contributed by atoms with Crippen molar-refractivity contribution in [3.05, 3.63) is 69.0 Å². The number of esters is 1. The van der Waals surface area contributed by atoms with Crippen LogP contribution in [-0.4, -0.2) is 35.6 Å². The summed E-state index contributed by atoms with van der Waals surface area (Å²) in [6.07, 6.45) is -0.144. The molecule has 0 bridgehead atoms. The number of anilines is 1. The van der Waals surface area contributed by atoms with Crippen LogP contribution in [0, 0.1) is 15.9 Å². The van der Waals surface area contributed by atoms with Crippen LogP contribution in [0.5, 0.6) is 0 Å². The molecule has 1 unspecified atom stereocenters. The van der Waals surface area contributed by atoms with E-state index < -0.39 is 28.7 Å². The number of carbonyl (C=O) groups is 2. The number of ether oxygens (including phenoxy) is 1. The van der Waals surface area contributed by atoms with E-state index in [9.17, 15) is 29.2 Å². The number of methoxy groups -OCH3 is 1. The van der Waals surface area contributed by atoms with Crippen LogP contribution in [-0.2, 0) is 4.74 Å². The summed E-state index contributed by atoms with van der Waals surface area (Å²) in [6, 6.07) is 7.03. The third kappa shape index (κ3) is 3.56. The number of aliphatic hydroxyl groups is 1. The molecular weight excluding hydrogens is 371 g/mol. The van der Waals surface area contributed by atoms with Crippen LogP contribution < -0.4 is 4.90 Å². The van der Waals surface area contributed by atoms with Crippen molar-refractivity contribution in [2.75, 3.05) is 18.6 Å². The molecule has 1 N–H and O–H groups in total. The number of nitrogens with zero attached hydrogens (tertiary/aromatic N) is 2. The zero-order chi connectivity index (χ0) is 20.4. The molecule has 0 spiro atoms. The summed E-state index contributed by atoms with van der Waals surface area (Å²) in [5.74, 6) is -2.03. The zero-order valence-corrected chi connectivity index (χ0v) is 14.9. The summed E-state index contributed by atoms with van der Waals surface area (Å²) < 4.78 is 18.3. The van der Waals surface area contributed by atoms with E-state index in [-0.39, 0.29) is 28.9 Å². The van der Waals surface area contributed by atoms with Gasteiger partial charge in [0.05, 0.1) is 29.3 Å². The Morgan fingerprint density at radius 2 is 2.00 bits per heavy atom. The largest absolute Gasteiger partial charge is 0.465 e. The predicted molar refractivity (Wildman–Crippen MR) is 96.7 cm³/mol. The van der Waals surface area contributed by atoms with Crippen LogP contribution in [0.2, 0.25) is 0 Å². The number of fused-ring (bicyclic) bond motifs is 1. The Labute approximate surface area is 159 Å². The Bertz CT molecular complexity index is 961. The summed E-state index contributed by atoms with van der Waals surface area (Å²) in [5.41, 5.74) is -0.0806. The monoisotopic (exact) mass is 388 g/mol. The molecule has 0 aromatic heterocycles. The lowest BCUT2D eigenvalue weighted by molar-refractivity contribution is -0.384. The van der Waals surface area contributed by atoms with Gasteiger partial charge in [0, 0.05) is 29.9 Å². The minimum absolute atomic E-state index is 0.0795. The van der Waals surface area contributed by atoms with Gasteiger partial charge in [-0.05, 0) is 37.1 Å². The van der Waals surface area contributed by atoms with Gasteiger partial charge in [-0.25, -0.2) is 9.18 Å². The number of aliphatic hydroxyl groups excluding tert-OH is 1. The first-order valence-electron chi connectivity index (χ1n) is 8.49. The average Bonchev–Trinajstić information content (AvgIpc) is 2.85. The minimum atomic E-state index is -0.930. The van der Waals surface area contributed by atoms with E-state index in [4.69, 9.17) is 0 Å². The lowest BCUT2D eigenvalue weighted by atomic mass is 10.0. The Hall–Kier alpha value is -3.33. The van der Waals surface area contributed by atoms with Crippen LogP contribution in [0.3, 0.4) is 0 Å². The van der Waals surface area contributed by atoms with Gasteiger partial charge in [0.15, 0.2) is 0 Å². The number of amides is 1. The smallest absolute Gasteiger partial charge is 0.338 e. The number of non-ortho nitro benzene ring substituents is 1. The normalized spacial score (nSPS) is 16.1. The lowest BCUT2D eigenvalue weighted by Crippen LogP contribution is -2.33. The topological polar surface area (TPSA) is 110 Å². The van der Waals surface area contributed by atoms with Crippen molar-refractivity contribution >= 4 is 23.3 Å². The lowest BCUT2D eigenvalue weighted by Gasteiger charge is -2.24. The van der Waals surface area contributed by atoms with E-state index in [2.05, 4.69) is 4.74 Å². The minimum Gasteiger partial charge on any atom is -0.465 e. The highest BCUT2D eigenvalue weighted by atomic mass is 19.1. The fraction of sp³-hybridized carbons (Fsp3) is 0.263. The molecule has 2 aromatic rings. The van der Waals surface area contributed by atoms with Gasteiger partial charge in [-0.1, -0.05) is 0 Å². The Morgan fingerprint density at radius 1 is 1.25 bits per heavy atom. The summed E-state index contributed by atoms with van der Waals surface area (Å²) in [7, 11) is 1.11. The Kier molecular flexibility index (Phi) is 5.36. The van der Waals surface area contributed by atoms with Crippen molar-refractivity contribution in [3.63, 3.8) is 0 Å². The molecule has 2 aromatic carbocycles. The van der Waals surface area contributed by atoms with Gasteiger partial charge in [-0.15, -0.1) is 0 Å². The number of rotatable bonds is 3. The highest BCUT2D eigenvalue weighted by Crippen LogP contribution is 2.35. The molecule has 1 aliphatic rings. The Balaban J connectivity index is 2.10. The molecule has 1 aliphatic heterocycles. The molecule has 0 aliphatic carbocycles. The van der Waals surface area contributed by atoms with E-state index in [1.807, 2.05) is 0 Å². The first-order valence-corrected chi connectivity index (χ1v) is 8.49. The van der Waals surface area contributed by atoms with Gasteiger partial charge in [0.2, 0.25) is 0 Å². The van der Waals surface area contributed by atoms with Gasteiger partial charge in [-0.2, -0.15) is 0 Å². The highest BCUT2D eigenvalue weighted by molar-refractivity contribution is 6.12. The molecule has 8 nitrogen and oxygen atoms in total. The average molecular weight is 388 g/mol. The standard InChI is InChI=1S/C19H17FN2O6/c1-28-19(25)14-10-12(22(26)27)5-6-13(14)18(24)21-8-2-3-17(23)15-9-11(20)4-7-16(15)21/h4-7,9-10,17,23H,2-3,8H2,1H3. The maximum absolute atomic E-state index is 13.6. The van der Waals surface area contributed by atoms with E-state index in [1.165, 1.54) is 29.2 Å². The quantitative estimate of drug-likeness (QED) is 0.492. The number of carbonyl (C=O) groups excluding carboxylic acids is 2. The second-order valence-electron chi connectivity index (χ2n) is 6.30. The van der Waals surface area contributed by atoms with Crippen LogP contribution >= 0.6 is 0 Å². The molecular formula is C19H17FN2O6. The molecule has 146 valence electrons. The van der Waals surface area contributed by atoms with Crippen LogP contribution in [0.15, 0.2) is 36.4 Å².